The molecule has 4 heteroatoms. The van der Waals surface area contributed by atoms with Crippen LogP contribution in [-0.4, -0.2) is 24.3 Å². The van der Waals surface area contributed by atoms with Crippen LogP contribution in [0.4, 0.5) is 0 Å². The van der Waals surface area contributed by atoms with Crippen molar-refractivity contribution in [2.45, 2.75) is 13.0 Å². The number of carbonyl (C=O) groups is 1. The molecule has 21 heavy (non-hydrogen) atoms. The van der Waals surface area contributed by atoms with E-state index >= 15 is 0 Å². The third-order valence-electron chi connectivity index (χ3n) is 3.23. The molecule has 0 fully saturated rings. The largest absolute Gasteiger partial charge is 0.302 e. The maximum atomic E-state index is 12.1. The first-order chi connectivity index (χ1) is 10.0. The summed E-state index contributed by atoms with van der Waals surface area (Å²) in [6.07, 6.45) is 0.531. The number of nitrogens with zero attached hydrogens (tertiary/aromatic N) is 1. The minimum Gasteiger partial charge on any atom is -0.302 e. The van der Waals surface area contributed by atoms with Crippen molar-refractivity contribution < 1.29 is 4.79 Å². The van der Waals surface area contributed by atoms with Gasteiger partial charge in [-0.1, -0.05) is 56.1 Å². The smallest absolute Gasteiger partial charge is 0.164 e. The average Bonchev–Trinajstić information content (AvgIpc) is 2.47. The molecule has 0 atom stereocenters. The summed E-state index contributed by atoms with van der Waals surface area (Å²) in [5.74, 6) is 0.180. The van der Waals surface area contributed by atoms with Crippen molar-refractivity contribution in [3.8, 4) is 0 Å². The Labute approximate surface area is 142 Å². The Morgan fingerprint density at radius 1 is 1.05 bits per heavy atom. The molecule has 0 bridgehead atoms. The molecule has 0 unspecified atom stereocenters. The lowest BCUT2D eigenvalue weighted by Gasteiger charge is -2.16. The van der Waals surface area contributed by atoms with Crippen LogP contribution in [0.1, 0.15) is 22.3 Å². The van der Waals surface area contributed by atoms with Crippen molar-refractivity contribution in [2.75, 3.05) is 13.6 Å². The Bertz CT molecular complexity index is 610. The second kappa shape index (κ2) is 7.87. The summed E-state index contributed by atoms with van der Waals surface area (Å²) in [4.78, 5) is 14.3. The second-order valence-electron chi connectivity index (χ2n) is 5.05. The van der Waals surface area contributed by atoms with E-state index < -0.39 is 0 Å². The third kappa shape index (κ3) is 5.38. The molecular weight excluding hydrogens is 394 g/mol. The molecule has 2 aromatic rings. The Morgan fingerprint density at radius 3 is 2.43 bits per heavy atom. The Hall–Kier alpha value is -0.970. The zero-order valence-electron chi connectivity index (χ0n) is 11.9. The maximum absolute atomic E-state index is 12.1. The van der Waals surface area contributed by atoms with E-state index in [2.05, 4.69) is 48.9 Å². The number of halogens is 2. The molecule has 2 nitrogen and oxygen atoms in total. The summed E-state index contributed by atoms with van der Waals surface area (Å²) in [6.45, 7) is 1.60. The molecular formula is C17H17Br2NO. The van der Waals surface area contributed by atoms with Gasteiger partial charge in [0.2, 0.25) is 0 Å². The standard InChI is InChI=1S/C17H17Br2NO/c1-20(12-13-5-7-15(18)8-6-13)10-9-17(21)14-3-2-4-16(19)11-14/h2-8,11H,9-10,12H2,1H3. The van der Waals surface area contributed by atoms with Crippen LogP contribution in [0.2, 0.25) is 0 Å². The number of hydrogen-bond donors (Lipinski definition) is 0. The first kappa shape index (κ1) is 16.4. The van der Waals surface area contributed by atoms with Gasteiger partial charge in [0.15, 0.2) is 5.78 Å². The van der Waals surface area contributed by atoms with Crippen molar-refractivity contribution in [1.29, 1.82) is 0 Å². The third-order valence-corrected chi connectivity index (χ3v) is 4.25. The molecule has 0 aliphatic carbocycles. The first-order valence-electron chi connectivity index (χ1n) is 6.76. The van der Waals surface area contributed by atoms with E-state index in [1.165, 1.54) is 5.56 Å². The SMILES string of the molecule is CN(CCC(=O)c1cccc(Br)c1)Cc1ccc(Br)cc1. The van der Waals surface area contributed by atoms with E-state index in [0.717, 1.165) is 27.6 Å². The van der Waals surface area contributed by atoms with E-state index in [1.807, 2.05) is 43.4 Å². The van der Waals surface area contributed by atoms with Gasteiger partial charge in [-0.15, -0.1) is 0 Å². The highest BCUT2D eigenvalue weighted by Gasteiger charge is 2.08. The van der Waals surface area contributed by atoms with Gasteiger partial charge in [-0.25, -0.2) is 0 Å². The van der Waals surface area contributed by atoms with Crippen molar-refractivity contribution in [1.82, 2.24) is 4.90 Å². The summed E-state index contributed by atoms with van der Waals surface area (Å²) >= 11 is 6.83. The van der Waals surface area contributed by atoms with Gasteiger partial charge in [0.05, 0.1) is 0 Å². The van der Waals surface area contributed by atoms with Gasteiger partial charge in [0, 0.05) is 34.0 Å². The maximum Gasteiger partial charge on any atom is 0.164 e. The van der Waals surface area contributed by atoms with E-state index in [1.54, 1.807) is 0 Å². The normalized spacial score (nSPS) is 10.9. The summed E-state index contributed by atoms with van der Waals surface area (Å²) in [6, 6.07) is 15.8. The monoisotopic (exact) mass is 409 g/mol. The number of rotatable bonds is 6. The van der Waals surface area contributed by atoms with Crippen LogP contribution in [0.5, 0.6) is 0 Å². The fraction of sp³-hybridized carbons (Fsp3) is 0.235. The molecule has 0 saturated heterocycles. The highest BCUT2D eigenvalue weighted by molar-refractivity contribution is 9.10. The lowest BCUT2D eigenvalue weighted by Crippen LogP contribution is -2.21. The zero-order chi connectivity index (χ0) is 15.2. The number of Topliss-reactive ketones (excluding diaryl/α,β-unsaturated/α-hetero) is 1. The number of carbonyl (C=O) groups excluding carboxylic acids is 1. The van der Waals surface area contributed by atoms with Gasteiger partial charge < -0.3 is 4.90 Å². The molecule has 0 N–H and O–H groups in total. The number of benzene rings is 2. The summed E-state index contributed by atoms with van der Waals surface area (Å²) in [7, 11) is 2.04. The van der Waals surface area contributed by atoms with Crippen molar-refractivity contribution in [3.05, 3.63) is 68.6 Å². The highest BCUT2D eigenvalue weighted by Crippen LogP contribution is 2.14. The van der Waals surface area contributed by atoms with E-state index in [9.17, 15) is 4.79 Å². The molecule has 0 amide bonds. The molecule has 2 aromatic carbocycles. The summed E-state index contributed by atoms with van der Waals surface area (Å²) in [5.41, 5.74) is 2.01. The predicted molar refractivity (Wildman–Crippen MR) is 93.6 cm³/mol. The molecule has 0 aliphatic rings. The predicted octanol–water partition coefficient (Wildman–Crippen LogP) is 4.92. The van der Waals surface area contributed by atoms with Crippen molar-refractivity contribution >= 4 is 37.6 Å². The average molecular weight is 411 g/mol. The molecule has 0 aromatic heterocycles. The molecule has 110 valence electrons. The van der Waals surface area contributed by atoms with Crippen LogP contribution in [0.3, 0.4) is 0 Å². The van der Waals surface area contributed by atoms with Crippen molar-refractivity contribution in [2.24, 2.45) is 0 Å². The quantitative estimate of drug-likeness (QED) is 0.630. The molecule has 2 rings (SSSR count). The first-order valence-corrected chi connectivity index (χ1v) is 8.35. The Balaban J connectivity index is 1.84. The summed E-state index contributed by atoms with van der Waals surface area (Å²) < 4.78 is 2.02. The van der Waals surface area contributed by atoms with Gasteiger partial charge in [0.1, 0.15) is 0 Å². The van der Waals surface area contributed by atoms with Gasteiger partial charge in [-0.05, 0) is 36.9 Å². The summed E-state index contributed by atoms with van der Waals surface area (Å²) in [5, 5.41) is 0. The Kier molecular flexibility index (Phi) is 6.15. The van der Waals surface area contributed by atoms with E-state index in [0.29, 0.717) is 6.42 Å². The van der Waals surface area contributed by atoms with Gasteiger partial charge in [0.25, 0.3) is 0 Å². The van der Waals surface area contributed by atoms with Gasteiger partial charge in [-0.2, -0.15) is 0 Å². The molecule has 0 spiro atoms. The van der Waals surface area contributed by atoms with Gasteiger partial charge in [-0.3, -0.25) is 4.79 Å². The van der Waals surface area contributed by atoms with Crippen LogP contribution >= 0.6 is 31.9 Å². The lowest BCUT2D eigenvalue weighted by atomic mass is 10.1. The lowest BCUT2D eigenvalue weighted by molar-refractivity contribution is 0.0968. The number of ketones is 1. The zero-order valence-corrected chi connectivity index (χ0v) is 15.0. The molecule has 0 saturated carbocycles. The van der Waals surface area contributed by atoms with Crippen LogP contribution < -0.4 is 0 Å². The van der Waals surface area contributed by atoms with Crippen LogP contribution in [0, 0.1) is 0 Å². The fourth-order valence-electron chi connectivity index (χ4n) is 2.08. The molecule has 0 aliphatic heterocycles. The van der Waals surface area contributed by atoms with Gasteiger partial charge >= 0.3 is 0 Å². The van der Waals surface area contributed by atoms with Crippen LogP contribution in [0.25, 0.3) is 0 Å². The highest BCUT2D eigenvalue weighted by atomic mass is 79.9. The Morgan fingerprint density at radius 2 is 1.76 bits per heavy atom. The molecule has 0 heterocycles. The molecule has 0 radical (unpaired) electrons. The van der Waals surface area contributed by atoms with Crippen LogP contribution in [0.15, 0.2) is 57.5 Å². The van der Waals surface area contributed by atoms with Crippen molar-refractivity contribution in [3.63, 3.8) is 0 Å². The van der Waals surface area contributed by atoms with E-state index in [4.69, 9.17) is 0 Å². The van der Waals surface area contributed by atoms with E-state index in [-0.39, 0.29) is 5.78 Å². The second-order valence-corrected chi connectivity index (χ2v) is 6.88. The number of hydrogen-bond acceptors (Lipinski definition) is 2. The minimum absolute atomic E-state index is 0.180. The van der Waals surface area contributed by atoms with Crippen LogP contribution in [-0.2, 0) is 6.54 Å². The fourth-order valence-corrected chi connectivity index (χ4v) is 2.74. The topological polar surface area (TPSA) is 20.3 Å². The minimum atomic E-state index is 0.180.